The Balaban J connectivity index is 0. The van der Waals surface area contributed by atoms with Crippen molar-refractivity contribution < 1.29 is 24.2 Å². The third kappa shape index (κ3) is 4.84. The van der Waals surface area contributed by atoms with E-state index in [4.69, 9.17) is 0 Å². The van der Waals surface area contributed by atoms with Gasteiger partial charge in [-0.2, -0.15) is 0 Å². The Labute approximate surface area is 110 Å². The number of allylic oxidation sites excluding steroid dienone is 1. The third-order valence-corrected chi connectivity index (χ3v) is 2.04. The van der Waals surface area contributed by atoms with Crippen molar-refractivity contribution in [1.82, 2.24) is 0 Å². The van der Waals surface area contributed by atoms with Crippen LogP contribution in [0.15, 0.2) is 24.3 Å². The van der Waals surface area contributed by atoms with Crippen LogP contribution < -0.4 is 0 Å². The van der Waals surface area contributed by atoms with E-state index in [9.17, 15) is 0 Å². The van der Waals surface area contributed by atoms with Crippen molar-refractivity contribution in [1.29, 1.82) is 0 Å². The largest absolute Gasteiger partial charge is 0.358 e. The summed E-state index contributed by atoms with van der Waals surface area (Å²) >= 11 is 1.51. The first-order valence-electron chi connectivity index (χ1n) is 4.49. The van der Waals surface area contributed by atoms with E-state index >= 15 is 0 Å². The number of hydrogen-bond donors (Lipinski definition) is 0. The summed E-state index contributed by atoms with van der Waals surface area (Å²) in [7, 11) is 0. The van der Waals surface area contributed by atoms with Crippen LogP contribution in [0.1, 0.15) is 23.6 Å². The maximum absolute atomic E-state index is 2.22. The Bertz CT molecular complexity index is 324. The van der Waals surface area contributed by atoms with Gasteiger partial charge in [-0.3, -0.25) is 0 Å². The van der Waals surface area contributed by atoms with Gasteiger partial charge in [0, 0.05) is 0 Å². The predicted molar refractivity (Wildman–Crippen MR) is 68.5 cm³/mol. The van der Waals surface area contributed by atoms with Crippen LogP contribution in [-0.4, -0.2) is 3.71 Å². The van der Waals surface area contributed by atoms with Crippen molar-refractivity contribution in [3.63, 3.8) is 0 Å². The average Bonchev–Trinajstić information content (AvgIpc) is 2.54. The molecule has 1 heteroatoms. The van der Waals surface area contributed by atoms with Gasteiger partial charge in [0.2, 0.25) is 0 Å². The van der Waals surface area contributed by atoms with Gasteiger partial charge in [0.05, 0.1) is 0 Å². The molecule has 0 N–H and O–H groups in total. The molecule has 0 nitrogen and oxygen atoms in total. The van der Waals surface area contributed by atoms with Crippen LogP contribution in [0.5, 0.6) is 0 Å². The summed E-state index contributed by atoms with van der Waals surface area (Å²) < 4.78 is 2.09. The van der Waals surface area contributed by atoms with Crippen LogP contribution in [0.4, 0.5) is 0 Å². The number of hydrogen-bond acceptors (Lipinski definition) is 0. The van der Waals surface area contributed by atoms with E-state index in [1.807, 2.05) is 6.92 Å². The van der Waals surface area contributed by atoms with E-state index in [0.717, 1.165) is 6.42 Å². The molecular formula is C14H20Zr. The topological polar surface area (TPSA) is 0 Å². The molecule has 0 atom stereocenters. The molecular weight excluding hydrogens is 259 g/mol. The Kier molecular flexibility index (Phi) is 10.2. The minimum atomic E-state index is 0. The van der Waals surface area contributed by atoms with Gasteiger partial charge in [-0.15, -0.1) is 0 Å². The zero-order valence-corrected chi connectivity index (χ0v) is 12.6. The summed E-state index contributed by atoms with van der Waals surface area (Å²) in [6.07, 6.45) is 5.55. The molecule has 1 aromatic rings. The Morgan fingerprint density at radius 3 is 2.40 bits per heavy atom. The van der Waals surface area contributed by atoms with Crippen molar-refractivity contribution in [2.75, 3.05) is 0 Å². The molecule has 0 aliphatic heterocycles. The van der Waals surface area contributed by atoms with Crippen LogP contribution >= 0.6 is 0 Å². The van der Waals surface area contributed by atoms with Crippen molar-refractivity contribution in [2.24, 2.45) is 0 Å². The average molecular weight is 280 g/mol. The van der Waals surface area contributed by atoms with E-state index in [2.05, 4.69) is 41.0 Å². The molecule has 0 aromatic heterocycles. The van der Waals surface area contributed by atoms with Crippen LogP contribution in [0.2, 0.25) is 0 Å². The zero-order valence-electron chi connectivity index (χ0n) is 10.2. The molecule has 0 amide bonds. The molecule has 2 rings (SSSR count). The molecule has 0 spiro atoms. The van der Waals surface area contributed by atoms with E-state index in [0.29, 0.717) is 0 Å². The van der Waals surface area contributed by atoms with E-state index in [1.165, 1.54) is 40.9 Å². The fourth-order valence-corrected chi connectivity index (χ4v) is 1.46. The SMILES string of the molecule is C[CH]=[Zr+2].Cc1cccc2c1C=CC2.[CH3-].[CH3-]. The molecule has 1 aliphatic rings. The molecule has 0 bridgehead atoms. The summed E-state index contributed by atoms with van der Waals surface area (Å²) in [5, 5.41) is 0. The fraction of sp³-hybridized carbons (Fsp3) is 0.214. The maximum atomic E-state index is 2.22. The summed E-state index contributed by atoms with van der Waals surface area (Å²) in [5.41, 5.74) is 4.30. The number of aryl methyl sites for hydroxylation is 1. The number of rotatable bonds is 0. The maximum Gasteiger partial charge on any atom is -0.00881 e. The van der Waals surface area contributed by atoms with Crippen LogP contribution in [-0.2, 0) is 30.7 Å². The zero-order chi connectivity index (χ0) is 9.68. The molecule has 1 aliphatic carbocycles. The number of fused-ring (bicyclic) bond motifs is 1. The van der Waals surface area contributed by atoms with Crippen molar-refractivity contribution in [3.8, 4) is 0 Å². The molecule has 15 heavy (non-hydrogen) atoms. The monoisotopic (exact) mass is 278 g/mol. The van der Waals surface area contributed by atoms with Crippen molar-refractivity contribution in [3.05, 3.63) is 55.8 Å². The minimum absolute atomic E-state index is 0. The quantitative estimate of drug-likeness (QED) is 0.633. The first-order chi connectivity index (χ1) is 6.29. The second-order valence-corrected chi connectivity index (χ2v) is 4.46. The molecule has 0 saturated heterocycles. The normalized spacial score (nSPS) is 10.1. The second-order valence-electron chi connectivity index (χ2n) is 3.04. The van der Waals surface area contributed by atoms with Gasteiger partial charge in [0.25, 0.3) is 0 Å². The van der Waals surface area contributed by atoms with Crippen LogP contribution in [0.25, 0.3) is 6.08 Å². The minimum Gasteiger partial charge on any atom is -0.358 e. The van der Waals surface area contributed by atoms with E-state index < -0.39 is 0 Å². The van der Waals surface area contributed by atoms with Crippen molar-refractivity contribution >= 4 is 9.78 Å². The summed E-state index contributed by atoms with van der Waals surface area (Å²) in [6, 6.07) is 6.48. The van der Waals surface area contributed by atoms with Gasteiger partial charge in [-0.25, -0.2) is 0 Å². The fourth-order valence-electron chi connectivity index (χ4n) is 1.46. The van der Waals surface area contributed by atoms with Gasteiger partial charge in [0.15, 0.2) is 0 Å². The molecule has 0 radical (unpaired) electrons. The molecule has 80 valence electrons. The standard InChI is InChI=1S/C10H10.C2H4.2CH3.Zr/c1-8-4-2-5-9-6-3-7-10(8)9;1-2;;;/h2-5,7H,6H2,1H3;1H,2H3;2*1H3;/q;;2*-1;+2. The first-order valence-corrected chi connectivity index (χ1v) is 5.91. The van der Waals surface area contributed by atoms with E-state index in [1.54, 1.807) is 0 Å². The number of benzene rings is 1. The Morgan fingerprint density at radius 2 is 1.87 bits per heavy atom. The van der Waals surface area contributed by atoms with Crippen molar-refractivity contribution in [2.45, 2.75) is 20.3 Å². The molecule has 0 saturated carbocycles. The van der Waals surface area contributed by atoms with Crippen LogP contribution in [0, 0.1) is 21.8 Å². The van der Waals surface area contributed by atoms with Gasteiger partial charge < -0.3 is 14.9 Å². The second kappa shape index (κ2) is 8.98. The Morgan fingerprint density at radius 1 is 1.27 bits per heavy atom. The molecule has 1 aromatic carbocycles. The smallest absolute Gasteiger partial charge is 0.00881 e. The summed E-state index contributed by atoms with van der Waals surface area (Å²) in [4.78, 5) is 0. The van der Waals surface area contributed by atoms with Gasteiger partial charge >= 0.3 is 34.9 Å². The third-order valence-electron chi connectivity index (χ3n) is 2.04. The molecule has 0 fully saturated rings. The summed E-state index contributed by atoms with van der Waals surface area (Å²) in [5.74, 6) is 0. The molecule has 0 unspecified atom stereocenters. The Hall–Kier alpha value is -0.287. The first kappa shape index (κ1) is 17.1. The molecule has 0 heterocycles. The van der Waals surface area contributed by atoms with E-state index in [-0.39, 0.29) is 14.9 Å². The van der Waals surface area contributed by atoms with Gasteiger partial charge in [0.1, 0.15) is 0 Å². The van der Waals surface area contributed by atoms with Gasteiger partial charge in [-0.05, 0) is 30.0 Å². The predicted octanol–water partition coefficient (Wildman–Crippen LogP) is 3.82. The van der Waals surface area contributed by atoms with Gasteiger partial charge in [-0.1, -0.05) is 30.4 Å². The van der Waals surface area contributed by atoms with Crippen LogP contribution in [0.3, 0.4) is 0 Å². The summed E-state index contributed by atoms with van der Waals surface area (Å²) in [6.45, 7) is 4.20.